The molecular formula is C9H15ClO4. The topological polar surface area (TPSA) is 44.8 Å². The minimum atomic E-state index is -0.869. The fourth-order valence-electron chi connectivity index (χ4n) is 1.33. The Morgan fingerprint density at radius 1 is 1.71 bits per heavy atom. The van der Waals surface area contributed by atoms with Crippen LogP contribution in [-0.2, 0) is 19.0 Å². The second-order valence-corrected chi connectivity index (χ2v) is 3.63. The first kappa shape index (κ1) is 11.8. The van der Waals surface area contributed by atoms with Crippen molar-refractivity contribution in [2.45, 2.75) is 32.2 Å². The molecule has 0 aromatic carbocycles. The molecule has 1 saturated heterocycles. The molecule has 1 rings (SSSR count). The summed E-state index contributed by atoms with van der Waals surface area (Å²) in [4.78, 5) is 11.2. The third-order valence-corrected chi connectivity index (χ3v) is 2.28. The zero-order chi connectivity index (χ0) is 10.6. The van der Waals surface area contributed by atoms with E-state index in [4.69, 9.17) is 25.8 Å². The smallest absolute Gasteiger partial charge is 0.311 e. The van der Waals surface area contributed by atoms with Gasteiger partial charge in [-0.05, 0) is 13.8 Å². The maximum absolute atomic E-state index is 11.2. The Bertz CT molecular complexity index is 209. The van der Waals surface area contributed by atoms with Gasteiger partial charge in [0, 0.05) is 0 Å². The van der Waals surface area contributed by atoms with E-state index in [1.165, 1.54) is 0 Å². The molecule has 1 fully saturated rings. The van der Waals surface area contributed by atoms with Crippen molar-refractivity contribution in [3.8, 4) is 0 Å². The number of alkyl halides is 1. The molecule has 1 aliphatic rings. The summed E-state index contributed by atoms with van der Waals surface area (Å²) >= 11 is 5.61. The van der Waals surface area contributed by atoms with Gasteiger partial charge < -0.3 is 14.2 Å². The summed E-state index contributed by atoms with van der Waals surface area (Å²) in [6, 6.07) is 0. The molecule has 0 saturated carbocycles. The van der Waals surface area contributed by atoms with Gasteiger partial charge in [-0.15, -0.1) is 11.6 Å². The molecule has 0 aromatic heterocycles. The van der Waals surface area contributed by atoms with Crippen LogP contribution in [0.2, 0.25) is 0 Å². The van der Waals surface area contributed by atoms with Crippen molar-refractivity contribution < 1.29 is 19.0 Å². The monoisotopic (exact) mass is 222 g/mol. The third kappa shape index (κ3) is 3.12. The van der Waals surface area contributed by atoms with Gasteiger partial charge in [0.25, 0.3) is 0 Å². The first-order chi connectivity index (χ1) is 6.59. The molecule has 0 radical (unpaired) electrons. The second-order valence-electron chi connectivity index (χ2n) is 3.32. The van der Waals surface area contributed by atoms with Crippen molar-refractivity contribution in [1.82, 2.24) is 0 Å². The highest BCUT2D eigenvalue weighted by Gasteiger charge is 2.39. The Hall–Kier alpha value is -0.320. The van der Waals surface area contributed by atoms with Crippen LogP contribution in [-0.4, -0.2) is 37.0 Å². The van der Waals surface area contributed by atoms with Crippen molar-refractivity contribution in [2.75, 3.05) is 19.1 Å². The lowest BCUT2D eigenvalue weighted by Crippen LogP contribution is -2.31. The highest BCUT2D eigenvalue weighted by molar-refractivity contribution is 6.18. The Kier molecular flexibility index (Phi) is 4.16. The first-order valence-corrected chi connectivity index (χ1v) is 5.16. The highest BCUT2D eigenvalue weighted by atomic mass is 35.5. The summed E-state index contributed by atoms with van der Waals surface area (Å²) in [7, 11) is 0. The molecule has 0 amide bonds. The number of hydrogen-bond donors (Lipinski definition) is 0. The van der Waals surface area contributed by atoms with Gasteiger partial charge >= 0.3 is 5.97 Å². The van der Waals surface area contributed by atoms with Crippen LogP contribution in [0.1, 0.15) is 20.3 Å². The Balaban J connectivity index is 2.40. The fourth-order valence-corrected chi connectivity index (χ4v) is 1.48. The molecular weight excluding hydrogens is 208 g/mol. The summed E-state index contributed by atoms with van der Waals surface area (Å²) in [5.74, 6) is -0.810. The Morgan fingerprint density at radius 2 is 2.43 bits per heavy atom. The van der Waals surface area contributed by atoms with Crippen molar-refractivity contribution in [2.24, 2.45) is 0 Å². The third-order valence-electron chi connectivity index (χ3n) is 1.93. The lowest BCUT2D eigenvalue weighted by Gasteiger charge is -2.21. The number of carbonyl (C=O) groups excluding carboxylic acids is 1. The quantitative estimate of drug-likeness (QED) is 0.532. The number of halogens is 1. The van der Waals surface area contributed by atoms with Gasteiger partial charge in [0.05, 0.1) is 31.6 Å². The summed E-state index contributed by atoms with van der Waals surface area (Å²) in [6.45, 7) is 4.28. The molecule has 82 valence electrons. The van der Waals surface area contributed by atoms with Crippen LogP contribution in [0.4, 0.5) is 0 Å². The van der Waals surface area contributed by atoms with E-state index in [-0.39, 0.29) is 18.5 Å². The molecule has 0 aromatic rings. The predicted molar refractivity (Wildman–Crippen MR) is 51.2 cm³/mol. The lowest BCUT2D eigenvalue weighted by atomic mass is 10.2. The zero-order valence-electron chi connectivity index (χ0n) is 8.42. The summed E-state index contributed by atoms with van der Waals surface area (Å²) in [5.41, 5.74) is 0. The van der Waals surface area contributed by atoms with E-state index in [1.54, 1.807) is 13.8 Å². The number of rotatable bonds is 4. The second kappa shape index (κ2) is 4.96. The fraction of sp³-hybridized carbons (Fsp3) is 0.889. The molecule has 4 nitrogen and oxygen atoms in total. The molecule has 1 aliphatic heterocycles. The molecule has 1 heterocycles. The highest BCUT2D eigenvalue weighted by Crippen LogP contribution is 2.27. The molecule has 0 spiro atoms. The predicted octanol–water partition coefficient (Wildman–Crippen LogP) is 1.31. The molecule has 0 bridgehead atoms. The zero-order valence-corrected chi connectivity index (χ0v) is 9.17. The SMILES string of the molecule is CCOC(=O)C[C@]1(C)OC[C@H](CCl)O1. The standard InChI is InChI=1S/C9H15ClO4/c1-3-12-8(11)4-9(2)13-6-7(5-10)14-9/h7H,3-6H2,1-2H3/t7-,9+/m0/s1. The van der Waals surface area contributed by atoms with Crippen molar-refractivity contribution in [1.29, 1.82) is 0 Å². The van der Waals surface area contributed by atoms with Gasteiger partial charge in [0.2, 0.25) is 0 Å². The average molecular weight is 223 g/mol. The summed E-state index contributed by atoms with van der Waals surface area (Å²) < 4.78 is 15.6. The van der Waals surface area contributed by atoms with Crippen LogP contribution in [0.5, 0.6) is 0 Å². The largest absolute Gasteiger partial charge is 0.466 e. The van der Waals surface area contributed by atoms with Gasteiger partial charge in [-0.2, -0.15) is 0 Å². The summed E-state index contributed by atoms with van der Waals surface area (Å²) in [6.07, 6.45) is -0.0232. The van der Waals surface area contributed by atoms with Crippen LogP contribution >= 0.6 is 11.6 Å². The minimum absolute atomic E-state index is 0.105. The van der Waals surface area contributed by atoms with Gasteiger partial charge in [0.1, 0.15) is 0 Å². The van der Waals surface area contributed by atoms with Crippen molar-refractivity contribution in [3.63, 3.8) is 0 Å². The van der Waals surface area contributed by atoms with E-state index < -0.39 is 5.79 Å². The van der Waals surface area contributed by atoms with E-state index in [0.29, 0.717) is 19.1 Å². The number of esters is 1. The minimum Gasteiger partial charge on any atom is -0.466 e. The van der Waals surface area contributed by atoms with E-state index in [2.05, 4.69) is 0 Å². The van der Waals surface area contributed by atoms with Crippen LogP contribution < -0.4 is 0 Å². The van der Waals surface area contributed by atoms with E-state index in [1.807, 2.05) is 0 Å². The van der Waals surface area contributed by atoms with Crippen LogP contribution in [0, 0.1) is 0 Å². The number of hydrogen-bond acceptors (Lipinski definition) is 4. The van der Waals surface area contributed by atoms with E-state index in [9.17, 15) is 4.79 Å². The van der Waals surface area contributed by atoms with Gasteiger partial charge in [-0.1, -0.05) is 0 Å². The van der Waals surface area contributed by atoms with Crippen LogP contribution in [0.15, 0.2) is 0 Å². The molecule has 2 atom stereocenters. The van der Waals surface area contributed by atoms with Crippen LogP contribution in [0.25, 0.3) is 0 Å². The maximum atomic E-state index is 11.2. The van der Waals surface area contributed by atoms with Gasteiger partial charge in [-0.3, -0.25) is 4.79 Å². The molecule has 0 aliphatic carbocycles. The number of carbonyl (C=O) groups is 1. The molecule has 5 heteroatoms. The van der Waals surface area contributed by atoms with Gasteiger partial charge in [0.15, 0.2) is 5.79 Å². The summed E-state index contributed by atoms with van der Waals surface area (Å²) in [5, 5.41) is 0. The number of ether oxygens (including phenoxy) is 3. The first-order valence-electron chi connectivity index (χ1n) is 4.63. The van der Waals surface area contributed by atoms with Crippen molar-refractivity contribution >= 4 is 17.6 Å². The Labute approximate surface area is 88.5 Å². The maximum Gasteiger partial charge on any atom is 0.311 e. The van der Waals surface area contributed by atoms with E-state index in [0.717, 1.165) is 0 Å². The van der Waals surface area contributed by atoms with E-state index >= 15 is 0 Å². The molecule has 0 N–H and O–H groups in total. The van der Waals surface area contributed by atoms with Gasteiger partial charge in [-0.25, -0.2) is 0 Å². The normalized spacial score (nSPS) is 31.8. The average Bonchev–Trinajstić information content (AvgIpc) is 2.47. The lowest BCUT2D eigenvalue weighted by molar-refractivity contribution is -0.178. The van der Waals surface area contributed by atoms with Crippen molar-refractivity contribution in [3.05, 3.63) is 0 Å². The Morgan fingerprint density at radius 3 is 2.93 bits per heavy atom. The molecule has 14 heavy (non-hydrogen) atoms. The molecule has 0 unspecified atom stereocenters. The van der Waals surface area contributed by atoms with Crippen LogP contribution in [0.3, 0.4) is 0 Å².